The summed E-state index contributed by atoms with van der Waals surface area (Å²) in [7, 11) is -3.47. The first kappa shape index (κ1) is 20.3. The highest BCUT2D eigenvalue weighted by Crippen LogP contribution is 2.14. The van der Waals surface area contributed by atoms with E-state index in [1.54, 1.807) is 35.7 Å². The van der Waals surface area contributed by atoms with Crippen LogP contribution >= 0.6 is 11.3 Å². The number of nitrogens with one attached hydrogen (secondary N) is 3. The molecule has 0 fully saturated rings. The van der Waals surface area contributed by atoms with Crippen molar-refractivity contribution >= 4 is 27.3 Å². The van der Waals surface area contributed by atoms with E-state index < -0.39 is 10.0 Å². The molecule has 142 valence electrons. The zero-order valence-corrected chi connectivity index (χ0v) is 16.2. The third kappa shape index (κ3) is 6.40. The molecular formula is C17H23FN4O2S2. The molecule has 1 aromatic carbocycles. The number of nitrogens with zero attached hydrogens (tertiary/aromatic N) is 1. The smallest absolute Gasteiger partial charge is 0.250 e. The van der Waals surface area contributed by atoms with Crippen molar-refractivity contribution in [2.24, 2.45) is 4.99 Å². The lowest BCUT2D eigenvalue weighted by Crippen LogP contribution is -2.39. The van der Waals surface area contributed by atoms with Gasteiger partial charge in [-0.1, -0.05) is 24.3 Å². The van der Waals surface area contributed by atoms with E-state index in [1.807, 2.05) is 6.92 Å². The molecule has 0 bridgehead atoms. The normalized spacial score (nSPS) is 12.2. The number of sulfonamides is 1. The molecule has 0 saturated heterocycles. The molecule has 3 N–H and O–H groups in total. The Balaban J connectivity index is 1.80. The van der Waals surface area contributed by atoms with Gasteiger partial charge < -0.3 is 10.6 Å². The lowest BCUT2D eigenvalue weighted by molar-refractivity contribution is 0.584. The van der Waals surface area contributed by atoms with Gasteiger partial charge in [-0.2, -0.15) is 0 Å². The number of aliphatic imine (C=N–C) groups is 1. The molecular weight excluding hydrogens is 375 g/mol. The van der Waals surface area contributed by atoms with Crippen molar-refractivity contribution in [3.63, 3.8) is 0 Å². The molecule has 0 amide bonds. The molecule has 2 rings (SSSR count). The van der Waals surface area contributed by atoms with Crippen molar-refractivity contribution in [3.05, 3.63) is 53.2 Å². The Morgan fingerprint density at radius 3 is 2.65 bits per heavy atom. The fraction of sp³-hybridized carbons (Fsp3) is 0.353. The Hall–Kier alpha value is -1.97. The number of benzene rings is 1. The first-order valence-corrected chi connectivity index (χ1v) is 10.7. The third-order valence-corrected chi connectivity index (χ3v) is 6.28. The fourth-order valence-corrected chi connectivity index (χ4v) is 4.25. The van der Waals surface area contributed by atoms with E-state index in [0.29, 0.717) is 37.6 Å². The zero-order chi connectivity index (χ0) is 18.8. The average Bonchev–Trinajstić information content (AvgIpc) is 3.16. The minimum absolute atomic E-state index is 0.199. The van der Waals surface area contributed by atoms with Gasteiger partial charge in [0.2, 0.25) is 10.0 Å². The van der Waals surface area contributed by atoms with Crippen LogP contribution in [0, 0.1) is 5.82 Å². The second-order valence-electron chi connectivity index (χ2n) is 5.36. The van der Waals surface area contributed by atoms with Crippen LogP contribution in [0.5, 0.6) is 0 Å². The van der Waals surface area contributed by atoms with E-state index in [-0.39, 0.29) is 16.6 Å². The van der Waals surface area contributed by atoms with Gasteiger partial charge in [0.15, 0.2) is 5.96 Å². The highest BCUT2D eigenvalue weighted by Gasteiger charge is 2.13. The van der Waals surface area contributed by atoms with Crippen LogP contribution in [0.3, 0.4) is 0 Å². The molecule has 1 aromatic heterocycles. The number of hydrogen-bond acceptors (Lipinski definition) is 4. The molecule has 0 unspecified atom stereocenters. The molecule has 0 aliphatic rings. The molecule has 0 atom stereocenters. The topological polar surface area (TPSA) is 82.6 Å². The third-order valence-electron chi connectivity index (χ3n) is 3.42. The molecule has 0 radical (unpaired) electrons. The zero-order valence-electron chi connectivity index (χ0n) is 14.5. The maximum absolute atomic E-state index is 13.6. The number of guanidine groups is 1. The predicted octanol–water partition coefficient (Wildman–Crippen LogP) is 1.96. The van der Waals surface area contributed by atoms with Crippen LogP contribution < -0.4 is 15.4 Å². The van der Waals surface area contributed by atoms with Crippen molar-refractivity contribution in [2.75, 3.05) is 26.2 Å². The van der Waals surface area contributed by atoms with Crippen LogP contribution in [0.25, 0.3) is 0 Å². The van der Waals surface area contributed by atoms with E-state index in [0.717, 1.165) is 0 Å². The second kappa shape index (κ2) is 10.2. The van der Waals surface area contributed by atoms with Gasteiger partial charge in [-0.15, -0.1) is 11.3 Å². The van der Waals surface area contributed by atoms with Crippen molar-refractivity contribution in [1.29, 1.82) is 0 Å². The second-order valence-corrected chi connectivity index (χ2v) is 8.30. The first-order chi connectivity index (χ1) is 12.5. The molecule has 6 nitrogen and oxygen atoms in total. The highest BCUT2D eigenvalue weighted by atomic mass is 32.2. The standard InChI is InChI=1S/C17H23FN4O2S2/c1-2-19-17(20-10-9-14-6-3-4-7-15(14)18)21-11-12-22-26(23,24)16-8-5-13-25-16/h3-8,13,22H,2,9-12H2,1H3,(H2,19,20,21). The van der Waals surface area contributed by atoms with Gasteiger partial charge in [0.1, 0.15) is 10.0 Å². The molecule has 0 saturated carbocycles. The van der Waals surface area contributed by atoms with Gasteiger partial charge in [0.25, 0.3) is 0 Å². The van der Waals surface area contributed by atoms with Crippen LogP contribution in [-0.2, 0) is 16.4 Å². The largest absolute Gasteiger partial charge is 0.357 e. The lowest BCUT2D eigenvalue weighted by atomic mass is 10.1. The molecule has 2 aromatic rings. The summed E-state index contributed by atoms with van der Waals surface area (Å²) in [5, 5.41) is 7.92. The Labute approximate surface area is 157 Å². The maximum atomic E-state index is 13.6. The SMILES string of the molecule is CCNC(=NCCNS(=O)(=O)c1cccs1)NCCc1ccccc1F. The summed E-state index contributed by atoms with van der Waals surface area (Å²) in [5.74, 6) is 0.346. The fourth-order valence-electron chi connectivity index (χ4n) is 2.19. The number of thiophene rings is 1. The maximum Gasteiger partial charge on any atom is 0.250 e. The summed E-state index contributed by atoms with van der Waals surface area (Å²) in [6, 6.07) is 9.91. The van der Waals surface area contributed by atoms with Crippen molar-refractivity contribution in [3.8, 4) is 0 Å². The summed E-state index contributed by atoms with van der Waals surface area (Å²) in [5.41, 5.74) is 0.638. The van der Waals surface area contributed by atoms with Crippen molar-refractivity contribution in [1.82, 2.24) is 15.4 Å². The van der Waals surface area contributed by atoms with Crippen molar-refractivity contribution in [2.45, 2.75) is 17.6 Å². The average molecular weight is 399 g/mol. The summed E-state index contributed by atoms with van der Waals surface area (Å²) in [4.78, 5) is 4.33. The lowest BCUT2D eigenvalue weighted by Gasteiger charge is -2.11. The van der Waals surface area contributed by atoms with E-state index in [2.05, 4.69) is 20.3 Å². The summed E-state index contributed by atoms with van der Waals surface area (Å²) in [6.07, 6.45) is 0.530. The number of halogens is 1. The van der Waals surface area contributed by atoms with Crippen LogP contribution in [0.2, 0.25) is 0 Å². The van der Waals surface area contributed by atoms with Gasteiger partial charge in [-0.05, 0) is 36.4 Å². The molecule has 9 heteroatoms. The number of hydrogen-bond donors (Lipinski definition) is 3. The van der Waals surface area contributed by atoms with Gasteiger partial charge in [0.05, 0.1) is 6.54 Å². The van der Waals surface area contributed by atoms with Crippen LogP contribution in [-0.4, -0.2) is 40.6 Å². The summed E-state index contributed by atoms with van der Waals surface area (Å²) in [6.45, 7) is 3.62. The molecule has 0 aliphatic carbocycles. The molecule has 0 spiro atoms. The van der Waals surface area contributed by atoms with Gasteiger partial charge >= 0.3 is 0 Å². The number of rotatable bonds is 9. The van der Waals surface area contributed by atoms with E-state index in [9.17, 15) is 12.8 Å². The van der Waals surface area contributed by atoms with Crippen LogP contribution in [0.4, 0.5) is 4.39 Å². The van der Waals surface area contributed by atoms with Crippen molar-refractivity contribution < 1.29 is 12.8 Å². The van der Waals surface area contributed by atoms with E-state index in [1.165, 1.54) is 17.4 Å². The Morgan fingerprint density at radius 2 is 1.96 bits per heavy atom. The van der Waals surface area contributed by atoms with E-state index in [4.69, 9.17) is 0 Å². The quantitative estimate of drug-likeness (QED) is 0.343. The van der Waals surface area contributed by atoms with Gasteiger partial charge in [0, 0.05) is 19.6 Å². The summed E-state index contributed by atoms with van der Waals surface area (Å²) < 4.78 is 40.4. The van der Waals surface area contributed by atoms with Gasteiger partial charge in [-0.25, -0.2) is 17.5 Å². The van der Waals surface area contributed by atoms with Gasteiger partial charge in [-0.3, -0.25) is 4.99 Å². The monoisotopic (exact) mass is 398 g/mol. The Morgan fingerprint density at radius 1 is 1.15 bits per heavy atom. The minimum Gasteiger partial charge on any atom is -0.357 e. The molecule has 26 heavy (non-hydrogen) atoms. The minimum atomic E-state index is -3.47. The predicted molar refractivity (Wildman–Crippen MR) is 104 cm³/mol. The summed E-state index contributed by atoms with van der Waals surface area (Å²) >= 11 is 1.17. The molecule has 0 aliphatic heterocycles. The first-order valence-electron chi connectivity index (χ1n) is 8.31. The Kier molecular flexibility index (Phi) is 8.02. The van der Waals surface area contributed by atoms with E-state index >= 15 is 0 Å². The highest BCUT2D eigenvalue weighted by molar-refractivity contribution is 7.91. The van der Waals surface area contributed by atoms with Crippen LogP contribution in [0.1, 0.15) is 12.5 Å². The van der Waals surface area contributed by atoms with Crippen LogP contribution in [0.15, 0.2) is 51.0 Å². The Bertz CT molecular complexity index is 808. The molecule has 1 heterocycles.